The molecule has 0 spiro atoms. The summed E-state index contributed by atoms with van der Waals surface area (Å²) in [5, 5.41) is 9.77. The SMILES string of the molecule is C=CC(I)C1C(=O)C=CC1(C)O. The van der Waals surface area contributed by atoms with E-state index in [1.165, 1.54) is 6.08 Å². The molecule has 0 heterocycles. The second-order valence-electron chi connectivity index (χ2n) is 3.12. The van der Waals surface area contributed by atoms with Gasteiger partial charge >= 0.3 is 0 Å². The van der Waals surface area contributed by atoms with Crippen molar-refractivity contribution in [1.29, 1.82) is 0 Å². The average molecular weight is 278 g/mol. The van der Waals surface area contributed by atoms with E-state index in [0.29, 0.717) is 0 Å². The van der Waals surface area contributed by atoms with Gasteiger partial charge in [-0.05, 0) is 19.1 Å². The van der Waals surface area contributed by atoms with Crippen molar-refractivity contribution in [3.05, 3.63) is 24.8 Å². The van der Waals surface area contributed by atoms with Crippen molar-refractivity contribution in [2.45, 2.75) is 16.4 Å². The number of carbonyl (C=O) groups is 1. The highest BCUT2D eigenvalue weighted by Crippen LogP contribution is 2.33. The molecule has 66 valence electrons. The predicted octanol–water partition coefficient (Wildman–Crippen LogP) is 1.48. The van der Waals surface area contributed by atoms with Gasteiger partial charge in [0.1, 0.15) is 0 Å². The number of carbonyl (C=O) groups excluding carboxylic acids is 1. The number of rotatable bonds is 2. The molecular weight excluding hydrogens is 267 g/mol. The molecule has 0 aliphatic heterocycles. The van der Waals surface area contributed by atoms with Crippen molar-refractivity contribution in [3.8, 4) is 0 Å². The smallest absolute Gasteiger partial charge is 0.163 e. The Balaban J connectivity index is 2.90. The van der Waals surface area contributed by atoms with Gasteiger partial charge in [0.15, 0.2) is 5.78 Å². The van der Waals surface area contributed by atoms with Crippen LogP contribution < -0.4 is 0 Å². The summed E-state index contributed by atoms with van der Waals surface area (Å²) in [5.41, 5.74) is -1.00. The van der Waals surface area contributed by atoms with Gasteiger partial charge in [0.05, 0.1) is 11.5 Å². The van der Waals surface area contributed by atoms with Crippen molar-refractivity contribution in [2.75, 3.05) is 0 Å². The number of ketones is 1. The second-order valence-corrected chi connectivity index (χ2v) is 4.56. The Hall–Kier alpha value is -0.160. The molecule has 0 aromatic rings. The fourth-order valence-corrected chi connectivity index (χ4v) is 2.44. The third-order valence-electron chi connectivity index (χ3n) is 2.06. The van der Waals surface area contributed by atoms with Crippen molar-refractivity contribution in [3.63, 3.8) is 0 Å². The van der Waals surface area contributed by atoms with Crippen molar-refractivity contribution in [1.82, 2.24) is 0 Å². The molecular formula is C9H11IO2. The number of hydrogen-bond donors (Lipinski definition) is 1. The molecule has 0 fully saturated rings. The van der Waals surface area contributed by atoms with Gasteiger partial charge in [0, 0.05) is 3.92 Å². The first-order chi connectivity index (χ1) is 5.49. The summed E-state index contributed by atoms with van der Waals surface area (Å²) < 4.78 is -0.0138. The van der Waals surface area contributed by atoms with E-state index in [1.807, 2.05) is 0 Å². The fourth-order valence-electron chi connectivity index (χ4n) is 1.36. The summed E-state index contributed by atoms with van der Waals surface area (Å²) in [4.78, 5) is 11.3. The molecule has 3 heteroatoms. The summed E-state index contributed by atoms with van der Waals surface area (Å²) in [6.07, 6.45) is 4.68. The summed E-state index contributed by atoms with van der Waals surface area (Å²) >= 11 is 2.11. The summed E-state index contributed by atoms with van der Waals surface area (Å²) in [5.74, 6) is -0.380. The molecule has 1 aliphatic carbocycles. The normalized spacial score (nSPS) is 36.9. The Kier molecular flexibility index (Phi) is 2.73. The van der Waals surface area contributed by atoms with Crippen LogP contribution in [0.5, 0.6) is 0 Å². The third-order valence-corrected chi connectivity index (χ3v) is 3.29. The maximum Gasteiger partial charge on any atom is 0.163 e. The minimum Gasteiger partial charge on any atom is -0.385 e. The fraction of sp³-hybridized carbons (Fsp3) is 0.444. The third kappa shape index (κ3) is 1.61. The van der Waals surface area contributed by atoms with Gasteiger partial charge in [0.25, 0.3) is 0 Å². The van der Waals surface area contributed by atoms with E-state index in [0.717, 1.165) is 0 Å². The lowest BCUT2D eigenvalue weighted by Crippen LogP contribution is -2.37. The summed E-state index contributed by atoms with van der Waals surface area (Å²) in [6, 6.07) is 0. The van der Waals surface area contributed by atoms with Crippen molar-refractivity contribution >= 4 is 28.4 Å². The van der Waals surface area contributed by atoms with E-state index < -0.39 is 5.60 Å². The van der Waals surface area contributed by atoms with E-state index in [-0.39, 0.29) is 15.6 Å². The minimum absolute atomic E-state index is 0.0138. The van der Waals surface area contributed by atoms with Crippen LogP contribution in [-0.2, 0) is 4.79 Å². The van der Waals surface area contributed by atoms with E-state index in [4.69, 9.17) is 0 Å². The highest BCUT2D eigenvalue weighted by Gasteiger charge is 2.41. The van der Waals surface area contributed by atoms with E-state index in [9.17, 15) is 9.90 Å². The number of hydrogen-bond acceptors (Lipinski definition) is 2. The van der Waals surface area contributed by atoms with Crippen molar-refractivity contribution < 1.29 is 9.90 Å². The highest BCUT2D eigenvalue weighted by atomic mass is 127. The number of aliphatic hydroxyl groups is 1. The molecule has 0 saturated carbocycles. The number of alkyl halides is 1. The molecule has 0 bridgehead atoms. The maximum atomic E-state index is 11.3. The molecule has 0 aromatic heterocycles. The Labute approximate surface area is 85.5 Å². The van der Waals surface area contributed by atoms with Crippen LogP contribution >= 0.6 is 22.6 Å². The number of halogens is 1. The quantitative estimate of drug-likeness (QED) is 0.472. The summed E-state index contributed by atoms with van der Waals surface area (Å²) in [6.45, 7) is 5.25. The van der Waals surface area contributed by atoms with Crippen LogP contribution in [-0.4, -0.2) is 20.4 Å². The molecule has 0 saturated heterocycles. The molecule has 1 rings (SSSR count). The molecule has 1 N–H and O–H groups in total. The molecule has 12 heavy (non-hydrogen) atoms. The van der Waals surface area contributed by atoms with Crippen LogP contribution in [0.15, 0.2) is 24.8 Å². The maximum absolute atomic E-state index is 11.3. The van der Waals surface area contributed by atoms with Crippen LogP contribution in [0, 0.1) is 5.92 Å². The van der Waals surface area contributed by atoms with Gasteiger partial charge in [-0.2, -0.15) is 0 Å². The molecule has 0 amide bonds. The Morgan fingerprint density at radius 3 is 2.83 bits per heavy atom. The van der Waals surface area contributed by atoms with Gasteiger partial charge in [-0.25, -0.2) is 0 Å². The Morgan fingerprint density at radius 1 is 1.92 bits per heavy atom. The van der Waals surface area contributed by atoms with Crippen LogP contribution in [0.1, 0.15) is 6.92 Å². The van der Waals surface area contributed by atoms with E-state index in [1.54, 1.807) is 19.1 Å². The zero-order valence-electron chi connectivity index (χ0n) is 6.83. The van der Waals surface area contributed by atoms with E-state index in [2.05, 4.69) is 29.2 Å². The molecule has 1 aliphatic rings. The monoisotopic (exact) mass is 278 g/mol. The van der Waals surface area contributed by atoms with Crippen LogP contribution in [0.2, 0.25) is 0 Å². The zero-order valence-corrected chi connectivity index (χ0v) is 8.98. The van der Waals surface area contributed by atoms with Gasteiger partial charge < -0.3 is 5.11 Å². The van der Waals surface area contributed by atoms with Crippen LogP contribution in [0.25, 0.3) is 0 Å². The van der Waals surface area contributed by atoms with Crippen LogP contribution in [0.4, 0.5) is 0 Å². The predicted molar refractivity (Wildman–Crippen MR) is 56.3 cm³/mol. The first-order valence-corrected chi connectivity index (χ1v) is 4.95. The standard InChI is InChI=1S/C9H11IO2/c1-3-6(10)8-7(11)4-5-9(8,2)12/h3-6,8,12H,1H2,2H3. The molecule has 2 nitrogen and oxygen atoms in total. The van der Waals surface area contributed by atoms with Gasteiger partial charge in [-0.3, -0.25) is 4.79 Å². The first kappa shape index (κ1) is 9.92. The van der Waals surface area contributed by atoms with Gasteiger partial charge in [-0.15, -0.1) is 6.58 Å². The molecule has 0 aromatic carbocycles. The lowest BCUT2D eigenvalue weighted by atomic mass is 9.89. The Bertz CT molecular complexity index is 243. The van der Waals surface area contributed by atoms with Gasteiger partial charge in [0.2, 0.25) is 0 Å². The van der Waals surface area contributed by atoms with Crippen LogP contribution in [0.3, 0.4) is 0 Å². The van der Waals surface area contributed by atoms with E-state index >= 15 is 0 Å². The molecule has 3 unspecified atom stereocenters. The minimum atomic E-state index is -1.00. The molecule has 3 atom stereocenters. The first-order valence-electron chi connectivity index (χ1n) is 3.71. The lowest BCUT2D eigenvalue weighted by Gasteiger charge is -2.25. The Morgan fingerprint density at radius 2 is 2.50 bits per heavy atom. The molecule has 0 radical (unpaired) electrons. The highest BCUT2D eigenvalue weighted by molar-refractivity contribution is 14.1. The summed E-state index contributed by atoms with van der Waals surface area (Å²) in [7, 11) is 0. The largest absolute Gasteiger partial charge is 0.385 e. The number of allylic oxidation sites excluding steroid dienone is 2. The van der Waals surface area contributed by atoms with Crippen molar-refractivity contribution in [2.24, 2.45) is 5.92 Å². The van der Waals surface area contributed by atoms with Gasteiger partial charge in [-0.1, -0.05) is 28.7 Å². The zero-order chi connectivity index (χ0) is 9.35. The average Bonchev–Trinajstić information content (AvgIpc) is 2.25. The second kappa shape index (κ2) is 3.30. The topological polar surface area (TPSA) is 37.3 Å². The lowest BCUT2D eigenvalue weighted by molar-refractivity contribution is -0.121.